The third-order valence-electron chi connectivity index (χ3n) is 1.74. The van der Waals surface area contributed by atoms with Crippen LogP contribution in [0.25, 0.3) is 0 Å². The van der Waals surface area contributed by atoms with E-state index in [2.05, 4.69) is 0 Å². The van der Waals surface area contributed by atoms with Crippen LogP contribution in [0.2, 0.25) is 0 Å². The lowest BCUT2D eigenvalue weighted by molar-refractivity contribution is 0.183. The molecule has 0 aliphatic carbocycles. The van der Waals surface area contributed by atoms with E-state index in [1.54, 1.807) is 14.0 Å². The number of hydrogen-bond donors (Lipinski definition) is 1. The number of methoxy groups -OCH3 is 1. The highest BCUT2D eigenvalue weighted by Crippen LogP contribution is 2.13. The molecule has 0 saturated carbocycles. The molecule has 1 N–H and O–H groups in total. The molecule has 0 fully saturated rings. The second kappa shape index (κ2) is 4.24. The summed E-state index contributed by atoms with van der Waals surface area (Å²) in [6.07, 6.45) is -0.401. The summed E-state index contributed by atoms with van der Waals surface area (Å²) >= 11 is 0. The third kappa shape index (κ3) is 2.32. The maximum absolute atomic E-state index is 9.28. The van der Waals surface area contributed by atoms with E-state index in [1.807, 2.05) is 24.3 Å². The molecule has 0 bridgehead atoms. The summed E-state index contributed by atoms with van der Waals surface area (Å²) in [6, 6.07) is 7.77. The lowest BCUT2D eigenvalue weighted by atomic mass is 10.1. The fraction of sp³-hybridized carbons (Fsp3) is 0.400. The largest absolute Gasteiger partial charge is 0.389 e. The van der Waals surface area contributed by atoms with Gasteiger partial charge in [0, 0.05) is 7.11 Å². The lowest BCUT2D eigenvalue weighted by Crippen LogP contribution is -1.93. The Bertz CT molecular complexity index is 243. The van der Waals surface area contributed by atoms with Crippen molar-refractivity contribution in [2.24, 2.45) is 0 Å². The first-order chi connectivity index (χ1) is 5.74. The Labute approximate surface area is 72.8 Å². The van der Waals surface area contributed by atoms with Crippen molar-refractivity contribution >= 4 is 0 Å². The predicted octanol–water partition coefficient (Wildman–Crippen LogP) is 1.89. The number of aliphatic hydroxyl groups is 1. The van der Waals surface area contributed by atoms with Gasteiger partial charge in [-0.15, -0.1) is 0 Å². The van der Waals surface area contributed by atoms with Crippen LogP contribution in [0, 0.1) is 0 Å². The second-order valence-corrected chi connectivity index (χ2v) is 2.85. The zero-order valence-electron chi connectivity index (χ0n) is 7.45. The van der Waals surface area contributed by atoms with E-state index < -0.39 is 6.10 Å². The molecule has 0 aliphatic rings. The van der Waals surface area contributed by atoms with Crippen LogP contribution in [0.3, 0.4) is 0 Å². The van der Waals surface area contributed by atoms with Gasteiger partial charge < -0.3 is 9.84 Å². The number of benzene rings is 1. The molecule has 1 rings (SSSR count). The van der Waals surface area contributed by atoms with E-state index in [4.69, 9.17) is 4.74 Å². The molecule has 0 amide bonds. The monoisotopic (exact) mass is 166 g/mol. The van der Waals surface area contributed by atoms with Gasteiger partial charge in [0.25, 0.3) is 0 Å². The summed E-state index contributed by atoms with van der Waals surface area (Å²) in [5.74, 6) is 0. The average molecular weight is 166 g/mol. The molecule has 0 spiro atoms. The summed E-state index contributed by atoms with van der Waals surface area (Å²) in [5, 5.41) is 9.28. The number of ether oxygens (including phenoxy) is 1. The van der Waals surface area contributed by atoms with E-state index in [0.717, 1.165) is 11.1 Å². The first-order valence-electron chi connectivity index (χ1n) is 4.00. The topological polar surface area (TPSA) is 29.5 Å². The maximum atomic E-state index is 9.28. The molecule has 0 saturated heterocycles. The Hall–Kier alpha value is -0.860. The molecule has 12 heavy (non-hydrogen) atoms. The van der Waals surface area contributed by atoms with Gasteiger partial charge in [-0.1, -0.05) is 24.3 Å². The molecule has 66 valence electrons. The van der Waals surface area contributed by atoms with Gasteiger partial charge >= 0.3 is 0 Å². The van der Waals surface area contributed by atoms with Crippen LogP contribution in [0.1, 0.15) is 24.2 Å². The zero-order chi connectivity index (χ0) is 8.97. The van der Waals surface area contributed by atoms with Crippen LogP contribution < -0.4 is 0 Å². The van der Waals surface area contributed by atoms with Crippen molar-refractivity contribution in [3.63, 3.8) is 0 Å². The van der Waals surface area contributed by atoms with Gasteiger partial charge in [0.1, 0.15) is 0 Å². The molecular formula is C10H14O2. The molecule has 1 aromatic rings. The first kappa shape index (κ1) is 9.23. The number of aliphatic hydroxyl groups excluding tert-OH is 1. The quantitative estimate of drug-likeness (QED) is 0.743. The van der Waals surface area contributed by atoms with Gasteiger partial charge in [0.15, 0.2) is 0 Å². The van der Waals surface area contributed by atoms with Crippen LogP contribution in [0.15, 0.2) is 24.3 Å². The van der Waals surface area contributed by atoms with Crippen molar-refractivity contribution in [3.05, 3.63) is 35.4 Å². The summed E-state index contributed by atoms with van der Waals surface area (Å²) in [6.45, 7) is 2.35. The molecule has 0 heterocycles. The average Bonchev–Trinajstić information content (AvgIpc) is 2.05. The fourth-order valence-corrected chi connectivity index (χ4v) is 1.11. The molecule has 1 atom stereocenters. The Morgan fingerprint density at radius 1 is 1.50 bits per heavy atom. The summed E-state index contributed by atoms with van der Waals surface area (Å²) in [7, 11) is 1.66. The standard InChI is InChI=1S/C10H14O2/c1-8(11)10-5-3-4-9(6-10)7-12-2/h3-6,8,11H,7H2,1-2H3/t8-/m0/s1. The van der Waals surface area contributed by atoms with Crippen LogP contribution in [0.5, 0.6) is 0 Å². The molecule has 0 aliphatic heterocycles. The minimum absolute atomic E-state index is 0.401. The van der Waals surface area contributed by atoms with Crippen molar-refractivity contribution in [2.45, 2.75) is 19.6 Å². The van der Waals surface area contributed by atoms with E-state index in [1.165, 1.54) is 0 Å². The van der Waals surface area contributed by atoms with Gasteiger partial charge in [-0.3, -0.25) is 0 Å². The molecule has 0 radical (unpaired) electrons. The Morgan fingerprint density at radius 3 is 2.83 bits per heavy atom. The lowest BCUT2D eigenvalue weighted by Gasteiger charge is -2.06. The van der Waals surface area contributed by atoms with E-state index in [-0.39, 0.29) is 0 Å². The molecular weight excluding hydrogens is 152 g/mol. The molecule has 0 aromatic heterocycles. The SMILES string of the molecule is COCc1cccc([C@H](C)O)c1. The molecule has 0 unspecified atom stereocenters. The van der Waals surface area contributed by atoms with Crippen molar-refractivity contribution in [1.29, 1.82) is 0 Å². The smallest absolute Gasteiger partial charge is 0.0762 e. The minimum Gasteiger partial charge on any atom is -0.389 e. The third-order valence-corrected chi connectivity index (χ3v) is 1.74. The fourth-order valence-electron chi connectivity index (χ4n) is 1.11. The first-order valence-corrected chi connectivity index (χ1v) is 4.00. The second-order valence-electron chi connectivity index (χ2n) is 2.85. The van der Waals surface area contributed by atoms with Gasteiger partial charge in [0.05, 0.1) is 12.7 Å². The highest BCUT2D eigenvalue weighted by molar-refractivity contribution is 5.24. The Kier molecular flexibility index (Phi) is 3.26. The highest BCUT2D eigenvalue weighted by atomic mass is 16.5. The molecule has 2 heteroatoms. The predicted molar refractivity (Wildman–Crippen MR) is 47.8 cm³/mol. The Balaban J connectivity index is 2.81. The molecule has 2 nitrogen and oxygen atoms in total. The van der Waals surface area contributed by atoms with Gasteiger partial charge in [0.2, 0.25) is 0 Å². The van der Waals surface area contributed by atoms with Crippen LogP contribution in [-0.4, -0.2) is 12.2 Å². The Morgan fingerprint density at radius 2 is 2.25 bits per heavy atom. The van der Waals surface area contributed by atoms with Crippen molar-refractivity contribution < 1.29 is 9.84 Å². The summed E-state index contributed by atoms with van der Waals surface area (Å²) in [4.78, 5) is 0. The maximum Gasteiger partial charge on any atom is 0.0762 e. The van der Waals surface area contributed by atoms with Gasteiger partial charge in [-0.2, -0.15) is 0 Å². The van der Waals surface area contributed by atoms with Crippen LogP contribution >= 0.6 is 0 Å². The van der Waals surface area contributed by atoms with Crippen LogP contribution in [0.4, 0.5) is 0 Å². The van der Waals surface area contributed by atoms with Crippen LogP contribution in [-0.2, 0) is 11.3 Å². The zero-order valence-corrected chi connectivity index (χ0v) is 7.45. The van der Waals surface area contributed by atoms with Crippen molar-refractivity contribution in [1.82, 2.24) is 0 Å². The van der Waals surface area contributed by atoms with Crippen molar-refractivity contribution in [2.75, 3.05) is 7.11 Å². The van der Waals surface area contributed by atoms with Gasteiger partial charge in [-0.25, -0.2) is 0 Å². The normalized spacial score (nSPS) is 12.9. The molecule has 1 aromatic carbocycles. The highest BCUT2D eigenvalue weighted by Gasteiger charge is 2.00. The number of rotatable bonds is 3. The van der Waals surface area contributed by atoms with E-state index in [0.29, 0.717) is 6.61 Å². The summed E-state index contributed by atoms with van der Waals surface area (Å²) in [5.41, 5.74) is 2.03. The van der Waals surface area contributed by atoms with E-state index >= 15 is 0 Å². The number of hydrogen-bond acceptors (Lipinski definition) is 2. The minimum atomic E-state index is -0.401. The summed E-state index contributed by atoms with van der Waals surface area (Å²) < 4.78 is 4.98. The van der Waals surface area contributed by atoms with Gasteiger partial charge in [-0.05, 0) is 18.1 Å². The van der Waals surface area contributed by atoms with E-state index in [9.17, 15) is 5.11 Å². The van der Waals surface area contributed by atoms with Crippen molar-refractivity contribution in [3.8, 4) is 0 Å².